The summed E-state index contributed by atoms with van der Waals surface area (Å²) in [5.41, 5.74) is 4.20. The molecule has 1 aliphatic heterocycles. The number of nitrogens with zero attached hydrogens (tertiary/aromatic N) is 1. The molecule has 0 unspecified atom stereocenters. The van der Waals surface area contributed by atoms with E-state index in [9.17, 15) is 9.59 Å². The van der Waals surface area contributed by atoms with Gasteiger partial charge in [0.2, 0.25) is 0 Å². The first-order valence-electron chi connectivity index (χ1n) is 11.2. The number of hydrogen-bond acceptors (Lipinski definition) is 5. The lowest BCUT2D eigenvalue weighted by atomic mass is 10.1. The number of benzene rings is 3. The molecule has 0 spiro atoms. The van der Waals surface area contributed by atoms with Crippen LogP contribution in [0.1, 0.15) is 16.7 Å². The summed E-state index contributed by atoms with van der Waals surface area (Å²) in [6.45, 7) is 6.41. The lowest BCUT2D eigenvalue weighted by Gasteiger charge is -2.29. The Kier molecular flexibility index (Phi) is 7.01. The van der Waals surface area contributed by atoms with Crippen molar-refractivity contribution in [2.45, 2.75) is 20.8 Å². The molecule has 0 fully saturated rings. The van der Waals surface area contributed by atoms with Crippen molar-refractivity contribution in [2.75, 3.05) is 36.6 Å². The van der Waals surface area contributed by atoms with Crippen LogP contribution in [-0.2, 0) is 9.59 Å². The Balaban J connectivity index is 1.40. The van der Waals surface area contributed by atoms with Crippen molar-refractivity contribution in [2.24, 2.45) is 0 Å². The van der Waals surface area contributed by atoms with Crippen LogP contribution in [0.3, 0.4) is 0 Å². The smallest absolute Gasteiger partial charge is 0.265 e. The van der Waals surface area contributed by atoms with Gasteiger partial charge >= 0.3 is 0 Å². The molecule has 4 rings (SSSR count). The molecule has 34 heavy (non-hydrogen) atoms. The monoisotopic (exact) mass is 460 g/mol. The van der Waals surface area contributed by atoms with Gasteiger partial charge in [-0.05, 0) is 67.8 Å². The molecule has 0 bridgehead atoms. The molecule has 0 saturated carbocycles. The topological polar surface area (TPSA) is 77.1 Å². The van der Waals surface area contributed by atoms with E-state index in [0.717, 1.165) is 22.4 Å². The standard InChI is InChI=1S/C27H28N2O5/c1-18-6-4-9-22(14-18)32-13-12-29-23-15-21(10-11-24(23)33-17-26(29)31)28-25(30)16-34-27-19(2)7-5-8-20(27)3/h4-11,14-15H,12-13,16-17H2,1-3H3,(H,28,30). The third kappa shape index (κ3) is 5.49. The zero-order valence-corrected chi connectivity index (χ0v) is 19.6. The number of hydrogen-bond donors (Lipinski definition) is 1. The van der Waals surface area contributed by atoms with Gasteiger partial charge in [-0.3, -0.25) is 9.59 Å². The summed E-state index contributed by atoms with van der Waals surface area (Å²) in [5.74, 6) is 1.59. The van der Waals surface area contributed by atoms with Crippen LogP contribution < -0.4 is 24.4 Å². The molecule has 176 valence electrons. The fourth-order valence-corrected chi connectivity index (χ4v) is 3.85. The maximum atomic E-state index is 12.5. The van der Waals surface area contributed by atoms with Crippen LogP contribution in [-0.4, -0.2) is 38.2 Å². The highest BCUT2D eigenvalue weighted by molar-refractivity contribution is 5.99. The second-order valence-electron chi connectivity index (χ2n) is 8.24. The number of nitrogens with one attached hydrogen (secondary N) is 1. The Labute approximate surface area is 199 Å². The quantitative estimate of drug-likeness (QED) is 0.538. The highest BCUT2D eigenvalue weighted by Gasteiger charge is 2.26. The van der Waals surface area contributed by atoms with E-state index in [1.54, 1.807) is 23.1 Å². The van der Waals surface area contributed by atoms with Crippen molar-refractivity contribution in [3.05, 3.63) is 77.4 Å². The van der Waals surface area contributed by atoms with Gasteiger partial charge in [0.15, 0.2) is 13.2 Å². The van der Waals surface area contributed by atoms with Crippen molar-refractivity contribution in [1.82, 2.24) is 0 Å². The van der Waals surface area contributed by atoms with Gasteiger partial charge in [-0.2, -0.15) is 0 Å². The van der Waals surface area contributed by atoms with Crippen molar-refractivity contribution in [1.29, 1.82) is 0 Å². The number of carbonyl (C=O) groups is 2. The average molecular weight is 461 g/mol. The number of anilines is 2. The predicted molar refractivity (Wildman–Crippen MR) is 131 cm³/mol. The van der Waals surface area contributed by atoms with Gasteiger partial charge in [0.05, 0.1) is 12.2 Å². The molecule has 3 aromatic carbocycles. The van der Waals surface area contributed by atoms with Crippen LogP contribution >= 0.6 is 0 Å². The third-order valence-corrected chi connectivity index (χ3v) is 5.52. The van der Waals surface area contributed by atoms with Gasteiger partial charge in [-0.25, -0.2) is 0 Å². The number of amides is 2. The average Bonchev–Trinajstić information content (AvgIpc) is 2.80. The molecule has 0 saturated heterocycles. The van der Waals surface area contributed by atoms with Crippen LogP contribution in [0.25, 0.3) is 0 Å². The number of fused-ring (bicyclic) bond motifs is 1. The SMILES string of the molecule is Cc1cccc(OCCN2C(=O)COc3ccc(NC(=O)COc4c(C)cccc4C)cc32)c1. The summed E-state index contributed by atoms with van der Waals surface area (Å²) in [7, 11) is 0. The van der Waals surface area contributed by atoms with Crippen molar-refractivity contribution in [3.63, 3.8) is 0 Å². The Morgan fingerprint density at radius 3 is 2.53 bits per heavy atom. The van der Waals surface area contributed by atoms with E-state index in [1.165, 1.54) is 0 Å². The highest BCUT2D eigenvalue weighted by Crippen LogP contribution is 2.34. The van der Waals surface area contributed by atoms with Crippen LogP contribution in [0.5, 0.6) is 17.2 Å². The molecular weight excluding hydrogens is 432 g/mol. The van der Waals surface area contributed by atoms with Gasteiger partial charge in [-0.1, -0.05) is 30.3 Å². The third-order valence-electron chi connectivity index (χ3n) is 5.52. The molecule has 1 heterocycles. The van der Waals surface area contributed by atoms with E-state index in [2.05, 4.69) is 5.32 Å². The Hall–Kier alpha value is -4.00. The molecule has 1 aliphatic rings. The number of aryl methyl sites for hydroxylation is 3. The first kappa shape index (κ1) is 23.2. The number of rotatable bonds is 8. The fraction of sp³-hybridized carbons (Fsp3) is 0.259. The van der Waals surface area contributed by atoms with E-state index >= 15 is 0 Å². The largest absolute Gasteiger partial charge is 0.492 e. The summed E-state index contributed by atoms with van der Waals surface area (Å²) < 4.78 is 17.1. The lowest BCUT2D eigenvalue weighted by Crippen LogP contribution is -2.41. The van der Waals surface area contributed by atoms with Crippen LogP contribution in [0.2, 0.25) is 0 Å². The predicted octanol–water partition coefficient (Wildman–Crippen LogP) is 4.43. The van der Waals surface area contributed by atoms with E-state index in [4.69, 9.17) is 14.2 Å². The van der Waals surface area contributed by atoms with Crippen LogP contribution in [0, 0.1) is 20.8 Å². The molecule has 7 heteroatoms. The number of carbonyl (C=O) groups excluding carboxylic acids is 2. The lowest BCUT2D eigenvalue weighted by molar-refractivity contribution is -0.121. The zero-order chi connectivity index (χ0) is 24.1. The summed E-state index contributed by atoms with van der Waals surface area (Å²) >= 11 is 0. The maximum absolute atomic E-state index is 12.5. The van der Waals surface area contributed by atoms with E-state index in [1.807, 2.05) is 63.2 Å². The molecule has 0 aliphatic carbocycles. The molecule has 0 radical (unpaired) electrons. The minimum absolute atomic E-state index is 0.0350. The van der Waals surface area contributed by atoms with E-state index in [-0.39, 0.29) is 25.0 Å². The summed E-state index contributed by atoms with van der Waals surface area (Å²) in [4.78, 5) is 26.7. The van der Waals surface area contributed by atoms with Crippen molar-refractivity contribution < 1.29 is 23.8 Å². The van der Waals surface area contributed by atoms with Crippen LogP contribution in [0.15, 0.2) is 60.7 Å². The second kappa shape index (κ2) is 10.3. The second-order valence-corrected chi connectivity index (χ2v) is 8.24. The summed E-state index contributed by atoms with van der Waals surface area (Å²) in [5, 5.41) is 2.84. The van der Waals surface area contributed by atoms with Gasteiger partial charge in [-0.15, -0.1) is 0 Å². The Bertz CT molecular complexity index is 1190. The van der Waals surface area contributed by atoms with E-state index in [0.29, 0.717) is 36.0 Å². The zero-order valence-electron chi connectivity index (χ0n) is 19.6. The minimum atomic E-state index is -0.292. The van der Waals surface area contributed by atoms with Crippen molar-refractivity contribution in [3.8, 4) is 17.2 Å². The molecule has 0 aromatic heterocycles. The first-order valence-corrected chi connectivity index (χ1v) is 11.2. The van der Waals surface area contributed by atoms with E-state index < -0.39 is 0 Å². The van der Waals surface area contributed by atoms with Gasteiger partial charge in [0.25, 0.3) is 11.8 Å². The first-order chi connectivity index (χ1) is 16.4. The van der Waals surface area contributed by atoms with Crippen LogP contribution in [0.4, 0.5) is 11.4 Å². The summed E-state index contributed by atoms with van der Waals surface area (Å²) in [6, 6.07) is 18.8. The van der Waals surface area contributed by atoms with Gasteiger partial charge < -0.3 is 24.4 Å². The Morgan fingerprint density at radius 2 is 1.76 bits per heavy atom. The molecule has 7 nitrogen and oxygen atoms in total. The maximum Gasteiger partial charge on any atom is 0.265 e. The number of ether oxygens (including phenoxy) is 3. The van der Waals surface area contributed by atoms with Gasteiger partial charge in [0, 0.05) is 5.69 Å². The molecule has 2 amide bonds. The molecular formula is C27H28N2O5. The fourth-order valence-electron chi connectivity index (χ4n) is 3.85. The summed E-state index contributed by atoms with van der Waals surface area (Å²) in [6.07, 6.45) is 0. The van der Waals surface area contributed by atoms with Gasteiger partial charge in [0.1, 0.15) is 23.9 Å². The van der Waals surface area contributed by atoms with Crippen molar-refractivity contribution >= 4 is 23.2 Å². The molecule has 1 N–H and O–H groups in total. The highest BCUT2D eigenvalue weighted by atomic mass is 16.5. The normalized spacial score (nSPS) is 12.6. The molecule has 0 atom stereocenters. The molecule has 3 aromatic rings. The minimum Gasteiger partial charge on any atom is -0.492 e. The Morgan fingerprint density at radius 1 is 1.00 bits per heavy atom. The number of para-hydroxylation sites is 1.